The van der Waals surface area contributed by atoms with Gasteiger partial charge in [0.15, 0.2) is 0 Å². The number of benzene rings is 1. The van der Waals surface area contributed by atoms with Crippen LogP contribution >= 0.6 is 0 Å². The van der Waals surface area contributed by atoms with E-state index in [9.17, 15) is 19.2 Å². The lowest BCUT2D eigenvalue weighted by Crippen LogP contribution is -2.50. The number of hydrogen-bond acceptors (Lipinski definition) is 6. The Morgan fingerprint density at radius 2 is 1.83 bits per heavy atom. The highest BCUT2D eigenvalue weighted by atomic mass is 16.5. The van der Waals surface area contributed by atoms with E-state index in [4.69, 9.17) is 14.6 Å². The molecule has 10 heteroatoms. The molecule has 0 spiro atoms. The summed E-state index contributed by atoms with van der Waals surface area (Å²) in [5.41, 5.74) is 0.523. The number of amides is 3. The number of carboxylic acid groups (broad SMARTS) is 1. The first-order valence-corrected chi connectivity index (χ1v) is 9.03. The monoisotopic (exact) mass is 407 g/mol. The predicted octanol–water partition coefficient (Wildman–Crippen LogP) is 0.151. The van der Waals surface area contributed by atoms with Crippen molar-refractivity contribution in [3.8, 4) is 11.5 Å². The van der Waals surface area contributed by atoms with Gasteiger partial charge in [0, 0.05) is 19.0 Å². The Labute approximate surface area is 168 Å². The fourth-order valence-electron chi connectivity index (χ4n) is 2.92. The van der Waals surface area contributed by atoms with E-state index < -0.39 is 35.8 Å². The fourth-order valence-corrected chi connectivity index (χ4v) is 2.92. The number of carbonyl (C=O) groups is 4. The van der Waals surface area contributed by atoms with Gasteiger partial charge in [0.25, 0.3) is 0 Å². The minimum absolute atomic E-state index is 0.0130. The largest absolute Gasteiger partial charge is 0.497 e. The van der Waals surface area contributed by atoms with Crippen molar-refractivity contribution in [3.05, 3.63) is 18.2 Å². The Balaban J connectivity index is 2.03. The molecule has 10 nitrogen and oxygen atoms in total. The Bertz CT molecular complexity index is 811. The van der Waals surface area contributed by atoms with Gasteiger partial charge in [-0.3, -0.25) is 19.2 Å². The van der Waals surface area contributed by atoms with Crippen LogP contribution in [0.4, 0.5) is 5.69 Å². The van der Waals surface area contributed by atoms with Gasteiger partial charge in [0.1, 0.15) is 23.6 Å². The molecule has 3 atom stereocenters. The normalized spacial score (nSPS) is 18.0. The van der Waals surface area contributed by atoms with E-state index in [2.05, 4.69) is 10.6 Å². The van der Waals surface area contributed by atoms with E-state index in [0.717, 1.165) is 0 Å². The fraction of sp³-hybridized carbons (Fsp3) is 0.474. The molecular formula is C19H25N3O7. The quantitative estimate of drug-likeness (QED) is 0.558. The Morgan fingerprint density at radius 3 is 2.41 bits per heavy atom. The zero-order chi connectivity index (χ0) is 21.7. The molecule has 1 aliphatic heterocycles. The summed E-state index contributed by atoms with van der Waals surface area (Å²) in [6, 6.07) is 3.00. The van der Waals surface area contributed by atoms with Crippen LogP contribution in [0.5, 0.6) is 11.5 Å². The molecular weight excluding hydrogens is 382 g/mol. The molecule has 1 aromatic carbocycles. The molecule has 3 N–H and O–H groups in total. The molecule has 1 aliphatic rings. The number of ether oxygens (including phenoxy) is 2. The lowest BCUT2D eigenvalue weighted by molar-refractivity contribution is -0.141. The first kappa shape index (κ1) is 22.0. The van der Waals surface area contributed by atoms with Gasteiger partial charge in [-0.25, -0.2) is 0 Å². The van der Waals surface area contributed by atoms with Gasteiger partial charge in [0.2, 0.25) is 17.7 Å². The summed E-state index contributed by atoms with van der Waals surface area (Å²) in [5, 5.41) is 13.7. The van der Waals surface area contributed by atoms with Gasteiger partial charge in [-0.15, -0.1) is 0 Å². The van der Waals surface area contributed by atoms with Crippen LogP contribution in [0.15, 0.2) is 18.2 Å². The second kappa shape index (κ2) is 9.26. The van der Waals surface area contributed by atoms with Crippen molar-refractivity contribution in [1.29, 1.82) is 0 Å². The zero-order valence-corrected chi connectivity index (χ0v) is 16.7. The van der Waals surface area contributed by atoms with Crippen molar-refractivity contribution in [1.82, 2.24) is 10.6 Å². The molecule has 1 heterocycles. The molecule has 158 valence electrons. The van der Waals surface area contributed by atoms with E-state index in [0.29, 0.717) is 17.2 Å². The number of rotatable bonds is 8. The molecule has 0 saturated carbocycles. The number of hydrogen-bond donors (Lipinski definition) is 3. The van der Waals surface area contributed by atoms with Crippen LogP contribution in [0.25, 0.3) is 0 Å². The van der Waals surface area contributed by atoms with Crippen LogP contribution in [-0.2, 0) is 19.2 Å². The van der Waals surface area contributed by atoms with Gasteiger partial charge in [-0.2, -0.15) is 0 Å². The summed E-state index contributed by atoms with van der Waals surface area (Å²) >= 11 is 0. The third-order valence-corrected chi connectivity index (χ3v) is 4.65. The van der Waals surface area contributed by atoms with Crippen molar-refractivity contribution in [2.75, 3.05) is 25.7 Å². The van der Waals surface area contributed by atoms with Crippen molar-refractivity contribution in [2.24, 2.45) is 5.92 Å². The first-order valence-electron chi connectivity index (χ1n) is 9.03. The Kier molecular flexibility index (Phi) is 7.03. The van der Waals surface area contributed by atoms with E-state index >= 15 is 0 Å². The van der Waals surface area contributed by atoms with Gasteiger partial charge in [0.05, 0.1) is 25.8 Å². The molecule has 0 aromatic heterocycles. The van der Waals surface area contributed by atoms with Gasteiger partial charge < -0.3 is 30.1 Å². The SMILES string of the molecule is COc1ccc(N2CC(C(=O)NC(C)C(=O)NC(C)C(=O)O)CC2=O)c(OC)c1. The summed E-state index contributed by atoms with van der Waals surface area (Å²) in [6.45, 7) is 2.90. The molecule has 1 aromatic rings. The van der Waals surface area contributed by atoms with E-state index in [-0.39, 0.29) is 18.9 Å². The average Bonchev–Trinajstić information content (AvgIpc) is 3.08. The van der Waals surface area contributed by atoms with Crippen LogP contribution in [0.1, 0.15) is 20.3 Å². The highest BCUT2D eigenvalue weighted by Gasteiger charge is 2.37. The summed E-state index contributed by atoms with van der Waals surface area (Å²) in [6.07, 6.45) is -0.0130. The third kappa shape index (κ3) is 5.15. The van der Waals surface area contributed by atoms with Gasteiger partial charge >= 0.3 is 5.97 Å². The number of aliphatic carboxylic acids is 1. The number of methoxy groups -OCH3 is 2. The third-order valence-electron chi connectivity index (χ3n) is 4.65. The number of anilines is 1. The first-order chi connectivity index (χ1) is 13.7. The van der Waals surface area contributed by atoms with E-state index in [1.165, 1.54) is 33.0 Å². The lowest BCUT2D eigenvalue weighted by Gasteiger charge is -2.21. The molecule has 0 aliphatic carbocycles. The number of nitrogens with one attached hydrogen (secondary N) is 2. The maximum Gasteiger partial charge on any atom is 0.325 e. The number of carboxylic acids is 1. The van der Waals surface area contributed by atoms with Crippen LogP contribution in [0.2, 0.25) is 0 Å². The molecule has 29 heavy (non-hydrogen) atoms. The highest BCUT2D eigenvalue weighted by Crippen LogP contribution is 2.35. The average molecular weight is 407 g/mol. The maximum atomic E-state index is 12.5. The highest BCUT2D eigenvalue weighted by molar-refractivity contribution is 6.02. The van der Waals surface area contributed by atoms with Crippen molar-refractivity contribution >= 4 is 29.4 Å². The molecule has 0 bridgehead atoms. The number of carbonyl (C=O) groups excluding carboxylic acids is 3. The minimum atomic E-state index is -1.18. The van der Waals surface area contributed by atoms with Crippen LogP contribution in [0.3, 0.4) is 0 Å². The summed E-state index contributed by atoms with van der Waals surface area (Å²) in [7, 11) is 2.99. The molecule has 0 radical (unpaired) electrons. The molecule has 3 amide bonds. The summed E-state index contributed by atoms with van der Waals surface area (Å²) < 4.78 is 10.5. The standard InChI is InChI=1S/C19H25N3O7/c1-10(17(24)21-11(2)19(26)27)20-18(25)12-7-16(23)22(9-12)14-6-5-13(28-3)8-15(14)29-4/h5-6,8,10-12H,7,9H2,1-4H3,(H,20,25)(H,21,24)(H,26,27). The number of nitrogens with zero attached hydrogens (tertiary/aromatic N) is 1. The van der Waals surface area contributed by atoms with Gasteiger partial charge in [-0.05, 0) is 26.0 Å². The van der Waals surface area contributed by atoms with Crippen molar-refractivity contribution < 1.29 is 33.8 Å². The van der Waals surface area contributed by atoms with E-state index in [1.807, 2.05) is 0 Å². The molecule has 1 saturated heterocycles. The van der Waals surface area contributed by atoms with Crippen LogP contribution in [-0.4, -0.2) is 61.6 Å². The van der Waals surface area contributed by atoms with Gasteiger partial charge in [-0.1, -0.05) is 0 Å². The molecule has 3 unspecified atom stereocenters. The zero-order valence-electron chi connectivity index (χ0n) is 16.7. The second-order valence-electron chi connectivity index (χ2n) is 6.74. The summed E-state index contributed by atoms with van der Waals surface area (Å²) in [4.78, 5) is 49.3. The Hall–Kier alpha value is -3.30. The Morgan fingerprint density at radius 1 is 1.14 bits per heavy atom. The minimum Gasteiger partial charge on any atom is -0.497 e. The second-order valence-corrected chi connectivity index (χ2v) is 6.74. The topological polar surface area (TPSA) is 134 Å². The smallest absolute Gasteiger partial charge is 0.325 e. The maximum absolute atomic E-state index is 12.5. The van der Waals surface area contributed by atoms with Crippen molar-refractivity contribution in [2.45, 2.75) is 32.4 Å². The lowest BCUT2D eigenvalue weighted by atomic mass is 10.1. The molecule has 1 fully saturated rings. The predicted molar refractivity (Wildman–Crippen MR) is 103 cm³/mol. The van der Waals surface area contributed by atoms with Crippen LogP contribution < -0.4 is 25.0 Å². The van der Waals surface area contributed by atoms with E-state index in [1.54, 1.807) is 18.2 Å². The summed E-state index contributed by atoms with van der Waals surface area (Å²) in [5.74, 6) is -2.14. The molecule has 2 rings (SSSR count). The van der Waals surface area contributed by atoms with Crippen molar-refractivity contribution in [3.63, 3.8) is 0 Å². The van der Waals surface area contributed by atoms with Crippen LogP contribution in [0, 0.1) is 5.92 Å².